The van der Waals surface area contributed by atoms with Crippen molar-refractivity contribution >= 4 is 23.3 Å². The normalized spacial score (nSPS) is 10.6. The van der Waals surface area contributed by atoms with Crippen LogP contribution in [0.4, 0.5) is 16.2 Å². The summed E-state index contributed by atoms with van der Waals surface area (Å²) < 4.78 is 7.77. The van der Waals surface area contributed by atoms with Crippen molar-refractivity contribution in [1.29, 1.82) is 0 Å². The molecule has 0 spiro atoms. The van der Waals surface area contributed by atoms with Crippen molar-refractivity contribution in [2.45, 2.75) is 46.7 Å². The molecular formula is C26H33N5O3. The number of imidazole rings is 1. The second-order valence-corrected chi connectivity index (χ2v) is 7.98. The average Bonchev–Trinajstić information content (AvgIpc) is 3.35. The molecule has 2 N–H and O–H groups in total. The molecule has 0 radical (unpaired) electrons. The van der Waals surface area contributed by atoms with Crippen LogP contribution >= 0.6 is 0 Å². The third kappa shape index (κ3) is 7.10. The number of aromatic nitrogens is 2. The molecule has 0 fully saturated rings. The van der Waals surface area contributed by atoms with Gasteiger partial charge in [0.1, 0.15) is 5.75 Å². The molecule has 1 heterocycles. The van der Waals surface area contributed by atoms with Crippen LogP contribution in [-0.4, -0.2) is 39.5 Å². The van der Waals surface area contributed by atoms with Gasteiger partial charge in [0.2, 0.25) is 5.91 Å². The van der Waals surface area contributed by atoms with Gasteiger partial charge in [-0.1, -0.05) is 31.2 Å². The van der Waals surface area contributed by atoms with Crippen LogP contribution in [0.15, 0.2) is 61.2 Å². The third-order valence-electron chi connectivity index (χ3n) is 5.41. The maximum absolute atomic E-state index is 13.4. The van der Waals surface area contributed by atoms with E-state index in [0.29, 0.717) is 37.5 Å². The Labute approximate surface area is 200 Å². The summed E-state index contributed by atoms with van der Waals surface area (Å²) >= 11 is 0. The lowest BCUT2D eigenvalue weighted by Crippen LogP contribution is -2.36. The lowest BCUT2D eigenvalue weighted by atomic mass is 10.1. The molecule has 0 aliphatic heterocycles. The fourth-order valence-corrected chi connectivity index (χ4v) is 3.53. The number of benzene rings is 2. The molecule has 180 valence electrons. The molecule has 0 saturated carbocycles. The Morgan fingerprint density at radius 1 is 1.12 bits per heavy atom. The second kappa shape index (κ2) is 12.4. The molecule has 8 heteroatoms. The highest BCUT2D eigenvalue weighted by Gasteiger charge is 2.17. The van der Waals surface area contributed by atoms with E-state index in [9.17, 15) is 9.59 Å². The van der Waals surface area contributed by atoms with Crippen LogP contribution in [0, 0.1) is 6.92 Å². The largest absolute Gasteiger partial charge is 0.494 e. The van der Waals surface area contributed by atoms with Crippen LogP contribution in [0.3, 0.4) is 0 Å². The number of nitrogens with zero attached hydrogens (tertiary/aromatic N) is 3. The van der Waals surface area contributed by atoms with E-state index in [4.69, 9.17) is 4.74 Å². The van der Waals surface area contributed by atoms with Gasteiger partial charge in [-0.15, -0.1) is 0 Å². The summed E-state index contributed by atoms with van der Waals surface area (Å²) in [5, 5.41) is 5.88. The van der Waals surface area contributed by atoms with Crippen molar-refractivity contribution < 1.29 is 14.3 Å². The summed E-state index contributed by atoms with van der Waals surface area (Å²) in [4.78, 5) is 31.0. The number of para-hydroxylation sites is 1. The molecule has 3 amide bonds. The quantitative estimate of drug-likeness (QED) is 0.416. The third-order valence-corrected chi connectivity index (χ3v) is 5.41. The van der Waals surface area contributed by atoms with Gasteiger partial charge in [0, 0.05) is 48.8 Å². The zero-order chi connectivity index (χ0) is 24.3. The highest BCUT2D eigenvalue weighted by molar-refractivity contribution is 5.94. The van der Waals surface area contributed by atoms with E-state index >= 15 is 0 Å². The molecule has 3 rings (SSSR count). The number of urea groups is 1. The number of hydrogen-bond acceptors (Lipinski definition) is 4. The fraction of sp³-hybridized carbons (Fsp3) is 0.346. The Kier molecular flexibility index (Phi) is 9.08. The lowest BCUT2D eigenvalue weighted by molar-refractivity contribution is -0.115. The smallest absolute Gasteiger partial charge is 0.322 e. The van der Waals surface area contributed by atoms with Gasteiger partial charge >= 0.3 is 6.03 Å². The summed E-state index contributed by atoms with van der Waals surface area (Å²) in [6.07, 6.45) is 6.59. The van der Waals surface area contributed by atoms with Gasteiger partial charge in [-0.05, 0) is 44.0 Å². The summed E-state index contributed by atoms with van der Waals surface area (Å²) in [5.41, 5.74) is 3.18. The zero-order valence-corrected chi connectivity index (χ0v) is 20.1. The predicted molar refractivity (Wildman–Crippen MR) is 134 cm³/mol. The fourth-order valence-electron chi connectivity index (χ4n) is 3.53. The summed E-state index contributed by atoms with van der Waals surface area (Å²) in [6, 6.07) is 13.1. The van der Waals surface area contributed by atoms with E-state index in [1.54, 1.807) is 30.4 Å². The number of nitrogens with one attached hydrogen (secondary N) is 2. The van der Waals surface area contributed by atoms with Gasteiger partial charge in [-0.2, -0.15) is 0 Å². The first-order valence-electron chi connectivity index (χ1n) is 11.6. The number of hydrogen-bond donors (Lipinski definition) is 2. The molecule has 3 aromatic rings. The van der Waals surface area contributed by atoms with Gasteiger partial charge in [0.25, 0.3) is 0 Å². The van der Waals surface area contributed by atoms with Crippen molar-refractivity contribution in [3.05, 3.63) is 72.3 Å². The van der Waals surface area contributed by atoms with Crippen LogP contribution in [-0.2, 0) is 17.9 Å². The minimum absolute atomic E-state index is 0.0743. The van der Waals surface area contributed by atoms with Crippen LogP contribution < -0.4 is 15.4 Å². The van der Waals surface area contributed by atoms with Crippen molar-refractivity contribution in [1.82, 2.24) is 14.5 Å². The summed E-state index contributed by atoms with van der Waals surface area (Å²) in [5.74, 6) is 0.702. The van der Waals surface area contributed by atoms with Crippen LogP contribution in [0.1, 0.15) is 37.8 Å². The second-order valence-electron chi connectivity index (χ2n) is 7.98. The summed E-state index contributed by atoms with van der Waals surface area (Å²) in [7, 11) is 0. The van der Waals surface area contributed by atoms with Crippen molar-refractivity contribution in [3.8, 4) is 5.75 Å². The Balaban J connectivity index is 1.77. The standard InChI is InChI=1S/C26H33N5O3/c1-4-25(32)28-22-12-11-20(3)23(17-22)29-26(33)31(15-8-14-30-16-13-27-19-30)18-21-9-6-7-10-24(21)34-5-2/h6-7,9-13,16-17,19H,4-5,8,14-15,18H2,1-3H3,(H,28,32)(H,29,33). The lowest BCUT2D eigenvalue weighted by Gasteiger charge is -2.25. The maximum Gasteiger partial charge on any atom is 0.322 e. The predicted octanol–water partition coefficient (Wildman–Crippen LogP) is 5.06. The van der Waals surface area contributed by atoms with Crippen LogP contribution in [0.2, 0.25) is 0 Å². The molecule has 1 aromatic heterocycles. The molecule has 0 aliphatic rings. The van der Waals surface area contributed by atoms with Crippen molar-refractivity contribution in [3.63, 3.8) is 0 Å². The number of anilines is 2. The van der Waals surface area contributed by atoms with Crippen LogP contribution in [0.5, 0.6) is 5.75 Å². The molecule has 0 aliphatic carbocycles. The number of amides is 3. The number of ether oxygens (including phenoxy) is 1. The first kappa shape index (κ1) is 24.8. The van der Waals surface area contributed by atoms with Gasteiger partial charge in [-0.3, -0.25) is 4.79 Å². The Bertz CT molecular complexity index is 1080. The van der Waals surface area contributed by atoms with E-state index in [1.165, 1.54) is 0 Å². The molecule has 2 aromatic carbocycles. The van der Waals surface area contributed by atoms with Crippen molar-refractivity contribution in [2.24, 2.45) is 0 Å². The highest BCUT2D eigenvalue weighted by Crippen LogP contribution is 2.23. The van der Waals surface area contributed by atoms with Gasteiger partial charge < -0.3 is 24.8 Å². The molecule has 34 heavy (non-hydrogen) atoms. The van der Waals surface area contributed by atoms with E-state index in [-0.39, 0.29) is 11.9 Å². The minimum Gasteiger partial charge on any atom is -0.494 e. The van der Waals surface area contributed by atoms with Crippen molar-refractivity contribution in [2.75, 3.05) is 23.8 Å². The molecule has 0 saturated heterocycles. The SMILES string of the molecule is CCOc1ccccc1CN(CCCn1ccnc1)C(=O)Nc1cc(NC(=O)CC)ccc1C. The minimum atomic E-state index is -0.209. The maximum atomic E-state index is 13.4. The number of aryl methyl sites for hydroxylation is 2. The zero-order valence-electron chi connectivity index (χ0n) is 20.1. The number of carbonyl (C=O) groups excluding carboxylic acids is 2. The average molecular weight is 464 g/mol. The van der Waals surface area contributed by atoms with E-state index in [0.717, 1.165) is 29.8 Å². The highest BCUT2D eigenvalue weighted by atomic mass is 16.5. The van der Waals surface area contributed by atoms with Gasteiger partial charge in [-0.25, -0.2) is 9.78 Å². The molecule has 0 atom stereocenters. The van der Waals surface area contributed by atoms with Gasteiger partial charge in [0.05, 0.1) is 19.5 Å². The molecule has 8 nitrogen and oxygen atoms in total. The molecular weight excluding hydrogens is 430 g/mol. The van der Waals surface area contributed by atoms with E-state index in [1.807, 2.05) is 61.0 Å². The van der Waals surface area contributed by atoms with Gasteiger partial charge in [0.15, 0.2) is 0 Å². The Hall–Kier alpha value is -3.81. The molecule has 0 unspecified atom stereocenters. The Morgan fingerprint density at radius 2 is 1.94 bits per heavy atom. The first-order valence-corrected chi connectivity index (χ1v) is 11.6. The van der Waals surface area contributed by atoms with E-state index < -0.39 is 0 Å². The Morgan fingerprint density at radius 3 is 2.68 bits per heavy atom. The number of carbonyl (C=O) groups is 2. The van der Waals surface area contributed by atoms with E-state index in [2.05, 4.69) is 15.6 Å². The first-order chi connectivity index (χ1) is 16.5. The van der Waals surface area contributed by atoms with Crippen LogP contribution in [0.25, 0.3) is 0 Å². The number of rotatable bonds is 11. The summed E-state index contributed by atoms with van der Waals surface area (Å²) in [6.45, 7) is 7.95. The molecule has 0 bridgehead atoms. The topological polar surface area (TPSA) is 88.5 Å². The monoisotopic (exact) mass is 463 g/mol.